The van der Waals surface area contributed by atoms with E-state index in [0.29, 0.717) is 23.7 Å². The molecule has 156 valence electrons. The molecule has 0 aromatic heterocycles. The first kappa shape index (κ1) is 22.2. The maximum atomic E-state index is 12.5. The summed E-state index contributed by atoms with van der Waals surface area (Å²) >= 11 is 0. The quantitative estimate of drug-likeness (QED) is 0.567. The Labute approximate surface area is 169 Å². The van der Waals surface area contributed by atoms with E-state index in [-0.39, 0.29) is 17.7 Å². The van der Waals surface area contributed by atoms with Crippen LogP contribution in [0.3, 0.4) is 0 Å². The molecule has 0 fully saturated rings. The average molecular weight is 405 g/mol. The SMILES string of the molecule is CCCOc1ccc(C(C)NC(=O)/C=C/c2ccccc2OC(F)F)cc1OC. The fourth-order valence-corrected chi connectivity index (χ4v) is 2.62. The number of alkyl halides is 2. The van der Waals surface area contributed by atoms with Gasteiger partial charge in [0.15, 0.2) is 11.5 Å². The van der Waals surface area contributed by atoms with Gasteiger partial charge in [0.1, 0.15) is 5.75 Å². The number of halogens is 2. The Morgan fingerprint density at radius 1 is 1.14 bits per heavy atom. The molecule has 0 saturated carbocycles. The predicted molar refractivity (Wildman–Crippen MR) is 107 cm³/mol. The van der Waals surface area contributed by atoms with Crippen LogP contribution < -0.4 is 19.5 Å². The van der Waals surface area contributed by atoms with Crippen LogP contribution in [-0.2, 0) is 4.79 Å². The van der Waals surface area contributed by atoms with Crippen LogP contribution in [0, 0.1) is 0 Å². The molecule has 7 heteroatoms. The molecular weight excluding hydrogens is 380 g/mol. The van der Waals surface area contributed by atoms with Crippen molar-refractivity contribution >= 4 is 12.0 Å². The fraction of sp³-hybridized carbons (Fsp3) is 0.318. The lowest BCUT2D eigenvalue weighted by Crippen LogP contribution is -2.24. The van der Waals surface area contributed by atoms with Gasteiger partial charge in [0.05, 0.1) is 19.8 Å². The van der Waals surface area contributed by atoms with Crippen molar-refractivity contribution in [3.05, 3.63) is 59.7 Å². The molecule has 0 bridgehead atoms. The Kier molecular flexibility index (Phi) is 8.45. The van der Waals surface area contributed by atoms with Gasteiger partial charge in [0.2, 0.25) is 5.91 Å². The number of methoxy groups -OCH3 is 1. The number of hydrogen-bond donors (Lipinski definition) is 1. The summed E-state index contributed by atoms with van der Waals surface area (Å²) in [6.07, 6.45) is 3.59. The van der Waals surface area contributed by atoms with Gasteiger partial charge < -0.3 is 19.5 Å². The summed E-state index contributed by atoms with van der Waals surface area (Å²) in [5.41, 5.74) is 1.23. The van der Waals surface area contributed by atoms with E-state index in [1.165, 1.54) is 18.2 Å². The first-order valence-corrected chi connectivity index (χ1v) is 9.27. The number of carbonyl (C=O) groups excluding carboxylic acids is 1. The minimum absolute atomic E-state index is 0.00648. The van der Waals surface area contributed by atoms with Gasteiger partial charge in [0, 0.05) is 11.6 Å². The van der Waals surface area contributed by atoms with E-state index in [1.54, 1.807) is 31.4 Å². The lowest BCUT2D eigenvalue weighted by atomic mass is 10.1. The molecule has 1 amide bonds. The van der Waals surface area contributed by atoms with E-state index < -0.39 is 6.61 Å². The molecule has 2 rings (SSSR count). The molecule has 0 aliphatic carbocycles. The van der Waals surface area contributed by atoms with Crippen molar-refractivity contribution in [1.82, 2.24) is 5.32 Å². The standard InChI is InChI=1S/C22H25F2NO4/c1-4-13-28-19-11-9-17(14-20(19)27-3)15(2)25-21(26)12-10-16-7-5-6-8-18(16)29-22(23)24/h5-12,14-15,22H,4,13H2,1-3H3,(H,25,26)/b12-10+. The van der Waals surface area contributed by atoms with Gasteiger partial charge in [-0.25, -0.2) is 0 Å². The number of ether oxygens (including phenoxy) is 3. The summed E-state index contributed by atoms with van der Waals surface area (Å²) in [5, 5.41) is 2.83. The van der Waals surface area contributed by atoms with Gasteiger partial charge in [0.25, 0.3) is 0 Å². The molecule has 0 spiro atoms. The Morgan fingerprint density at radius 2 is 1.90 bits per heavy atom. The minimum Gasteiger partial charge on any atom is -0.493 e. The number of hydrogen-bond acceptors (Lipinski definition) is 4. The number of amides is 1. The molecule has 0 saturated heterocycles. The summed E-state index contributed by atoms with van der Waals surface area (Å²) in [6.45, 7) is 1.51. The van der Waals surface area contributed by atoms with Gasteiger partial charge in [-0.05, 0) is 43.2 Å². The summed E-state index contributed by atoms with van der Waals surface area (Å²) in [4.78, 5) is 12.3. The van der Waals surface area contributed by atoms with Gasteiger partial charge in [-0.3, -0.25) is 4.79 Å². The Bertz CT molecular complexity index is 839. The van der Waals surface area contributed by atoms with Crippen molar-refractivity contribution in [3.8, 4) is 17.2 Å². The van der Waals surface area contributed by atoms with Crippen molar-refractivity contribution in [2.45, 2.75) is 32.9 Å². The molecule has 0 aliphatic heterocycles. The predicted octanol–water partition coefficient (Wildman–Crippen LogP) is 4.98. The van der Waals surface area contributed by atoms with Crippen molar-refractivity contribution in [2.24, 2.45) is 0 Å². The zero-order chi connectivity index (χ0) is 21.2. The molecule has 0 radical (unpaired) electrons. The zero-order valence-corrected chi connectivity index (χ0v) is 16.7. The minimum atomic E-state index is -2.93. The van der Waals surface area contributed by atoms with Crippen molar-refractivity contribution < 1.29 is 27.8 Å². The lowest BCUT2D eigenvalue weighted by Gasteiger charge is -2.16. The second kappa shape index (κ2) is 11.0. The Balaban J connectivity index is 2.05. The van der Waals surface area contributed by atoms with E-state index in [0.717, 1.165) is 12.0 Å². The van der Waals surface area contributed by atoms with Crippen LogP contribution >= 0.6 is 0 Å². The first-order chi connectivity index (χ1) is 13.9. The molecule has 1 atom stereocenters. The van der Waals surface area contributed by atoms with Gasteiger partial charge >= 0.3 is 6.61 Å². The second-order valence-electron chi connectivity index (χ2n) is 6.24. The monoisotopic (exact) mass is 405 g/mol. The Hall–Kier alpha value is -3.09. The molecule has 0 aliphatic rings. The topological polar surface area (TPSA) is 56.8 Å². The molecule has 0 heterocycles. The summed E-state index contributed by atoms with van der Waals surface area (Å²) < 4.78 is 40.4. The van der Waals surface area contributed by atoms with Crippen LogP contribution in [0.5, 0.6) is 17.2 Å². The first-order valence-electron chi connectivity index (χ1n) is 9.27. The smallest absolute Gasteiger partial charge is 0.387 e. The van der Waals surface area contributed by atoms with E-state index in [9.17, 15) is 13.6 Å². The molecule has 1 N–H and O–H groups in total. The van der Waals surface area contributed by atoms with Crippen LogP contribution in [0.4, 0.5) is 8.78 Å². The highest BCUT2D eigenvalue weighted by atomic mass is 19.3. The van der Waals surface area contributed by atoms with Crippen molar-refractivity contribution in [1.29, 1.82) is 0 Å². The van der Waals surface area contributed by atoms with Crippen LogP contribution in [-0.4, -0.2) is 26.2 Å². The van der Waals surface area contributed by atoms with Crippen LogP contribution in [0.1, 0.15) is 37.4 Å². The van der Waals surface area contributed by atoms with E-state index in [4.69, 9.17) is 9.47 Å². The summed E-state index contributed by atoms with van der Waals surface area (Å²) in [7, 11) is 1.56. The third-order valence-corrected chi connectivity index (χ3v) is 4.06. The van der Waals surface area contributed by atoms with E-state index in [2.05, 4.69) is 10.1 Å². The second-order valence-corrected chi connectivity index (χ2v) is 6.24. The van der Waals surface area contributed by atoms with Gasteiger partial charge in [-0.2, -0.15) is 8.78 Å². The number of benzene rings is 2. The third kappa shape index (κ3) is 6.78. The number of nitrogens with one attached hydrogen (secondary N) is 1. The average Bonchev–Trinajstić information content (AvgIpc) is 2.71. The molecule has 2 aromatic carbocycles. The van der Waals surface area contributed by atoms with Crippen LogP contribution in [0.25, 0.3) is 6.08 Å². The normalized spacial score (nSPS) is 12.1. The van der Waals surface area contributed by atoms with Crippen molar-refractivity contribution in [3.63, 3.8) is 0 Å². The summed E-state index contributed by atoms with van der Waals surface area (Å²) in [5.74, 6) is 0.874. The zero-order valence-electron chi connectivity index (χ0n) is 16.7. The van der Waals surface area contributed by atoms with E-state index >= 15 is 0 Å². The number of carbonyl (C=O) groups is 1. The van der Waals surface area contributed by atoms with Crippen LogP contribution in [0.15, 0.2) is 48.5 Å². The van der Waals surface area contributed by atoms with Gasteiger partial charge in [-0.15, -0.1) is 0 Å². The summed E-state index contributed by atoms with van der Waals surface area (Å²) in [6, 6.07) is 11.4. The number of rotatable bonds is 10. The molecule has 29 heavy (non-hydrogen) atoms. The molecular formula is C22H25F2NO4. The number of para-hydroxylation sites is 1. The van der Waals surface area contributed by atoms with E-state index in [1.807, 2.05) is 26.0 Å². The highest BCUT2D eigenvalue weighted by Gasteiger charge is 2.12. The Morgan fingerprint density at radius 3 is 2.59 bits per heavy atom. The molecule has 2 aromatic rings. The van der Waals surface area contributed by atoms with Gasteiger partial charge in [-0.1, -0.05) is 31.2 Å². The third-order valence-electron chi connectivity index (χ3n) is 4.06. The highest BCUT2D eigenvalue weighted by molar-refractivity contribution is 5.92. The largest absolute Gasteiger partial charge is 0.493 e. The highest BCUT2D eigenvalue weighted by Crippen LogP contribution is 2.30. The molecule has 1 unspecified atom stereocenters. The maximum absolute atomic E-state index is 12.5. The van der Waals surface area contributed by atoms with Crippen molar-refractivity contribution in [2.75, 3.05) is 13.7 Å². The van der Waals surface area contributed by atoms with Crippen LogP contribution in [0.2, 0.25) is 0 Å². The molecule has 5 nitrogen and oxygen atoms in total. The lowest BCUT2D eigenvalue weighted by molar-refractivity contribution is -0.117. The maximum Gasteiger partial charge on any atom is 0.387 e. The fourth-order valence-electron chi connectivity index (χ4n) is 2.62.